The molecule has 0 aliphatic carbocycles. The van der Waals surface area contributed by atoms with Crippen LogP contribution in [0.2, 0.25) is 0 Å². The molecule has 136 valence electrons. The summed E-state index contributed by atoms with van der Waals surface area (Å²) in [6.45, 7) is 7.28. The van der Waals surface area contributed by atoms with Gasteiger partial charge in [-0.15, -0.1) is 0 Å². The zero-order chi connectivity index (χ0) is 17.7. The Labute approximate surface area is 143 Å². The number of rotatable bonds is 7. The third-order valence-electron chi connectivity index (χ3n) is 3.90. The lowest BCUT2D eigenvalue weighted by Crippen LogP contribution is -2.47. The highest BCUT2D eigenvalue weighted by Gasteiger charge is 2.26. The van der Waals surface area contributed by atoms with Crippen LogP contribution in [0.15, 0.2) is 6.07 Å². The Hall–Kier alpha value is -1.65. The van der Waals surface area contributed by atoms with Gasteiger partial charge >= 0.3 is 0 Å². The highest BCUT2D eigenvalue weighted by atomic mass is 32.2. The van der Waals surface area contributed by atoms with Gasteiger partial charge in [-0.25, -0.2) is 8.42 Å². The van der Waals surface area contributed by atoms with E-state index in [-0.39, 0.29) is 12.1 Å². The number of nitrogens with zero attached hydrogens (tertiary/aromatic N) is 4. The van der Waals surface area contributed by atoms with E-state index in [2.05, 4.69) is 20.2 Å². The maximum atomic E-state index is 11.6. The van der Waals surface area contributed by atoms with Crippen molar-refractivity contribution in [1.82, 2.24) is 14.3 Å². The number of nitrogen functional groups attached to an aromatic ring is 1. The van der Waals surface area contributed by atoms with Crippen LogP contribution in [0.25, 0.3) is 0 Å². The molecular weight excluding hydrogens is 332 g/mol. The fourth-order valence-corrected chi connectivity index (χ4v) is 3.43. The third kappa shape index (κ3) is 4.92. The first-order valence-corrected chi connectivity index (χ1v) is 9.88. The van der Waals surface area contributed by atoms with Crippen LogP contribution in [0.3, 0.4) is 0 Å². The second-order valence-corrected chi connectivity index (χ2v) is 7.62. The van der Waals surface area contributed by atoms with Gasteiger partial charge in [0.1, 0.15) is 11.6 Å². The summed E-state index contributed by atoms with van der Waals surface area (Å²) in [4.78, 5) is 10.5. The SMILES string of the molecule is CCN(CC)c1cc(NC[C@@H]2CN(S(C)(=O)=O)CCO2)nc(N)n1. The van der Waals surface area contributed by atoms with E-state index in [1.165, 1.54) is 10.6 Å². The molecule has 0 unspecified atom stereocenters. The number of nitrogens with one attached hydrogen (secondary N) is 1. The van der Waals surface area contributed by atoms with Gasteiger partial charge in [0.2, 0.25) is 16.0 Å². The number of hydrogen-bond acceptors (Lipinski definition) is 8. The van der Waals surface area contributed by atoms with Crippen molar-refractivity contribution in [3.05, 3.63) is 6.07 Å². The molecule has 1 aliphatic rings. The monoisotopic (exact) mass is 358 g/mol. The second-order valence-electron chi connectivity index (χ2n) is 5.64. The molecule has 0 aromatic carbocycles. The van der Waals surface area contributed by atoms with Crippen LogP contribution in [0.5, 0.6) is 0 Å². The molecule has 0 radical (unpaired) electrons. The minimum Gasteiger partial charge on any atom is -0.374 e. The Balaban J connectivity index is 2.01. The predicted octanol–water partition coefficient (Wildman–Crippen LogP) is -0.0227. The largest absolute Gasteiger partial charge is 0.374 e. The maximum Gasteiger partial charge on any atom is 0.223 e. The van der Waals surface area contributed by atoms with E-state index in [1.54, 1.807) is 0 Å². The zero-order valence-corrected chi connectivity index (χ0v) is 15.2. The summed E-state index contributed by atoms with van der Waals surface area (Å²) in [6, 6.07) is 1.83. The summed E-state index contributed by atoms with van der Waals surface area (Å²) in [5, 5.41) is 3.17. The molecule has 24 heavy (non-hydrogen) atoms. The number of morpholine rings is 1. The first-order chi connectivity index (χ1) is 11.3. The molecule has 9 nitrogen and oxygen atoms in total. The molecule has 0 saturated carbocycles. The molecule has 1 saturated heterocycles. The summed E-state index contributed by atoms with van der Waals surface area (Å²) in [6.07, 6.45) is 0.978. The fraction of sp³-hybridized carbons (Fsp3) is 0.714. The molecule has 10 heteroatoms. The normalized spacial score (nSPS) is 19.2. The molecule has 0 spiro atoms. The van der Waals surface area contributed by atoms with Crippen molar-refractivity contribution in [2.75, 3.05) is 61.5 Å². The summed E-state index contributed by atoms with van der Waals surface area (Å²) in [5.74, 6) is 1.56. The van der Waals surface area contributed by atoms with Gasteiger partial charge in [0.05, 0.1) is 19.0 Å². The molecule has 1 aromatic heterocycles. The van der Waals surface area contributed by atoms with Crippen LogP contribution < -0.4 is 16.0 Å². The molecule has 1 fully saturated rings. The van der Waals surface area contributed by atoms with Gasteiger partial charge in [0, 0.05) is 38.8 Å². The minimum absolute atomic E-state index is 0.198. The Morgan fingerprint density at radius 1 is 1.42 bits per heavy atom. The first-order valence-electron chi connectivity index (χ1n) is 8.03. The number of aromatic nitrogens is 2. The van der Waals surface area contributed by atoms with Gasteiger partial charge in [-0.2, -0.15) is 14.3 Å². The minimum atomic E-state index is -3.20. The quantitative estimate of drug-likeness (QED) is 0.699. The molecule has 1 aliphatic heterocycles. The summed E-state index contributed by atoms with van der Waals surface area (Å²) >= 11 is 0. The molecule has 1 atom stereocenters. The van der Waals surface area contributed by atoms with Gasteiger partial charge in [0.15, 0.2) is 0 Å². The third-order valence-corrected chi connectivity index (χ3v) is 5.17. The Kier molecular flexibility index (Phi) is 6.19. The van der Waals surface area contributed by atoms with Gasteiger partial charge in [-0.3, -0.25) is 0 Å². The molecule has 0 amide bonds. The number of hydrogen-bond donors (Lipinski definition) is 2. The molecule has 1 aromatic rings. The Morgan fingerprint density at radius 2 is 2.12 bits per heavy atom. The van der Waals surface area contributed by atoms with Crippen LogP contribution in [0, 0.1) is 0 Å². The van der Waals surface area contributed by atoms with E-state index in [4.69, 9.17) is 10.5 Å². The molecule has 3 N–H and O–H groups in total. The lowest BCUT2D eigenvalue weighted by atomic mass is 10.3. The van der Waals surface area contributed by atoms with Gasteiger partial charge < -0.3 is 20.7 Å². The highest BCUT2D eigenvalue weighted by molar-refractivity contribution is 7.88. The van der Waals surface area contributed by atoms with Crippen molar-refractivity contribution in [3.63, 3.8) is 0 Å². The highest BCUT2D eigenvalue weighted by Crippen LogP contribution is 2.17. The van der Waals surface area contributed by atoms with Crippen LogP contribution in [0.4, 0.5) is 17.6 Å². The van der Waals surface area contributed by atoms with Crippen molar-refractivity contribution in [2.45, 2.75) is 20.0 Å². The van der Waals surface area contributed by atoms with Gasteiger partial charge in [-0.05, 0) is 13.8 Å². The number of ether oxygens (including phenoxy) is 1. The van der Waals surface area contributed by atoms with Crippen LogP contribution in [-0.2, 0) is 14.8 Å². The van der Waals surface area contributed by atoms with Gasteiger partial charge in [-0.1, -0.05) is 0 Å². The summed E-state index contributed by atoms with van der Waals surface area (Å²) in [7, 11) is -3.20. The van der Waals surface area contributed by atoms with Crippen molar-refractivity contribution >= 4 is 27.6 Å². The molecule has 2 heterocycles. The Bertz CT molecular complexity index is 650. The zero-order valence-electron chi connectivity index (χ0n) is 14.4. The molecule has 0 bridgehead atoms. The van der Waals surface area contributed by atoms with E-state index in [0.717, 1.165) is 18.9 Å². The molecular formula is C14H26N6O3S. The van der Waals surface area contributed by atoms with E-state index >= 15 is 0 Å². The maximum absolute atomic E-state index is 11.6. The average molecular weight is 358 g/mol. The van der Waals surface area contributed by atoms with E-state index in [1.807, 2.05) is 19.9 Å². The topological polar surface area (TPSA) is 114 Å². The lowest BCUT2D eigenvalue weighted by Gasteiger charge is -2.31. The van der Waals surface area contributed by atoms with E-state index in [0.29, 0.717) is 32.1 Å². The molecule has 2 rings (SSSR count). The summed E-state index contributed by atoms with van der Waals surface area (Å²) in [5.41, 5.74) is 5.79. The smallest absolute Gasteiger partial charge is 0.223 e. The summed E-state index contributed by atoms with van der Waals surface area (Å²) < 4.78 is 30.3. The van der Waals surface area contributed by atoms with Crippen molar-refractivity contribution < 1.29 is 13.2 Å². The van der Waals surface area contributed by atoms with Crippen LogP contribution >= 0.6 is 0 Å². The second kappa shape index (κ2) is 7.95. The predicted molar refractivity (Wildman–Crippen MR) is 94.7 cm³/mol. The van der Waals surface area contributed by atoms with Crippen molar-refractivity contribution in [2.24, 2.45) is 0 Å². The lowest BCUT2D eigenvalue weighted by molar-refractivity contribution is 0.00700. The van der Waals surface area contributed by atoms with E-state index < -0.39 is 10.0 Å². The van der Waals surface area contributed by atoms with Crippen molar-refractivity contribution in [1.29, 1.82) is 0 Å². The fourth-order valence-electron chi connectivity index (χ4n) is 2.59. The Morgan fingerprint density at radius 3 is 2.75 bits per heavy atom. The average Bonchev–Trinajstić information content (AvgIpc) is 2.53. The first kappa shape index (κ1) is 18.7. The van der Waals surface area contributed by atoms with E-state index in [9.17, 15) is 8.42 Å². The van der Waals surface area contributed by atoms with Gasteiger partial charge in [0.25, 0.3) is 0 Å². The number of sulfonamides is 1. The number of anilines is 3. The van der Waals surface area contributed by atoms with Crippen LogP contribution in [0.1, 0.15) is 13.8 Å². The van der Waals surface area contributed by atoms with Crippen molar-refractivity contribution in [3.8, 4) is 0 Å². The number of nitrogens with two attached hydrogens (primary N) is 1. The standard InChI is InChI=1S/C14H26N6O3S/c1-4-19(5-2)13-8-12(17-14(15)18-13)16-9-11-10-20(6-7-23-11)24(3,21)22/h8,11H,4-7,9-10H2,1-3H3,(H3,15,16,17,18)/t11-/m1/s1. The van der Waals surface area contributed by atoms with Crippen LogP contribution in [-0.4, -0.2) is 74.4 Å².